The second-order valence-electron chi connectivity index (χ2n) is 2.32. The molecule has 0 aromatic carbocycles. The molecule has 0 aliphatic rings. The summed E-state index contributed by atoms with van der Waals surface area (Å²) in [6.45, 7) is 0.910. The fraction of sp³-hybridized carbons (Fsp3) is 0.857. The molecule has 0 aromatic heterocycles. The van der Waals surface area contributed by atoms with Crippen LogP contribution in [0.4, 0.5) is 0 Å². The highest BCUT2D eigenvalue weighted by Gasteiger charge is 1.93. The van der Waals surface area contributed by atoms with Crippen LogP contribution in [0.3, 0.4) is 0 Å². The van der Waals surface area contributed by atoms with Gasteiger partial charge >= 0.3 is 5.97 Å². The van der Waals surface area contributed by atoms with E-state index in [2.05, 4.69) is 27.9 Å². The van der Waals surface area contributed by atoms with Gasteiger partial charge in [-0.15, -0.1) is 0 Å². The number of alkyl halides is 1. The minimum Gasteiger partial charge on any atom is -0.480 e. The van der Waals surface area contributed by atoms with Crippen LogP contribution in [0.2, 0.25) is 0 Å². The van der Waals surface area contributed by atoms with Gasteiger partial charge in [-0.3, -0.25) is 4.79 Å². The predicted molar refractivity (Wildman–Crippen MR) is 53.2 cm³/mol. The van der Waals surface area contributed by atoms with E-state index in [0.29, 0.717) is 0 Å². The van der Waals surface area contributed by atoms with Crippen LogP contribution in [-0.4, -0.2) is 28.6 Å². The number of nitrogens with one attached hydrogen (secondary N) is 1. The number of rotatable bonds is 7. The first-order chi connectivity index (χ1) is 5.27. The summed E-state index contributed by atoms with van der Waals surface area (Å²) in [4.78, 5) is 10.0. The Morgan fingerprint density at radius 1 is 1.36 bits per heavy atom. The van der Waals surface area contributed by atoms with Crippen molar-refractivity contribution in [2.24, 2.45) is 0 Å². The largest absolute Gasteiger partial charge is 0.480 e. The van der Waals surface area contributed by atoms with Crippen molar-refractivity contribution in [3.8, 4) is 0 Å². The Labute approximate surface area is 80.7 Å². The van der Waals surface area contributed by atoms with Gasteiger partial charge in [-0.25, -0.2) is 0 Å². The summed E-state index contributed by atoms with van der Waals surface area (Å²) in [5.74, 6) is -0.779. The van der Waals surface area contributed by atoms with Gasteiger partial charge < -0.3 is 10.4 Å². The van der Waals surface area contributed by atoms with Crippen LogP contribution in [0.5, 0.6) is 0 Å². The van der Waals surface area contributed by atoms with Crippen molar-refractivity contribution in [1.82, 2.24) is 5.32 Å². The lowest BCUT2D eigenvalue weighted by Crippen LogP contribution is -2.23. The van der Waals surface area contributed by atoms with Crippen LogP contribution >= 0.6 is 22.6 Å². The topological polar surface area (TPSA) is 49.3 Å². The number of carbonyl (C=O) groups is 1. The van der Waals surface area contributed by atoms with E-state index in [-0.39, 0.29) is 6.54 Å². The van der Waals surface area contributed by atoms with E-state index in [4.69, 9.17) is 5.11 Å². The van der Waals surface area contributed by atoms with Crippen molar-refractivity contribution in [3.05, 3.63) is 0 Å². The predicted octanol–water partition coefficient (Wildman–Crippen LogP) is 1.27. The Morgan fingerprint density at radius 2 is 2.09 bits per heavy atom. The maximum atomic E-state index is 10.0. The molecule has 0 atom stereocenters. The first kappa shape index (κ1) is 11.2. The van der Waals surface area contributed by atoms with Crippen LogP contribution in [-0.2, 0) is 4.79 Å². The van der Waals surface area contributed by atoms with Crippen LogP contribution < -0.4 is 5.32 Å². The molecule has 0 aliphatic carbocycles. The van der Waals surface area contributed by atoms with Gasteiger partial charge in [0.2, 0.25) is 0 Å². The number of carboxylic acids is 1. The molecule has 0 unspecified atom stereocenters. The van der Waals surface area contributed by atoms with Crippen molar-refractivity contribution < 1.29 is 9.90 Å². The van der Waals surface area contributed by atoms with Gasteiger partial charge in [0.05, 0.1) is 6.54 Å². The molecule has 0 aliphatic heterocycles. The van der Waals surface area contributed by atoms with Gasteiger partial charge in [0.25, 0.3) is 0 Å². The lowest BCUT2D eigenvalue weighted by atomic mass is 10.2. The minimum absolute atomic E-state index is 0.0875. The summed E-state index contributed by atoms with van der Waals surface area (Å²) < 4.78 is 1.19. The molecule has 4 heteroatoms. The molecule has 66 valence electrons. The first-order valence-electron chi connectivity index (χ1n) is 3.76. The quantitative estimate of drug-likeness (QED) is 0.416. The molecule has 0 amide bonds. The average Bonchev–Trinajstić information content (AvgIpc) is 1.96. The first-order valence-corrected chi connectivity index (χ1v) is 5.28. The van der Waals surface area contributed by atoms with Gasteiger partial charge in [0.1, 0.15) is 0 Å². The van der Waals surface area contributed by atoms with Crippen LogP contribution in [0.1, 0.15) is 19.3 Å². The van der Waals surface area contributed by atoms with E-state index in [9.17, 15) is 4.79 Å². The molecule has 0 fully saturated rings. The summed E-state index contributed by atoms with van der Waals surface area (Å²) >= 11 is 2.34. The summed E-state index contributed by atoms with van der Waals surface area (Å²) in [5, 5.41) is 11.1. The summed E-state index contributed by atoms with van der Waals surface area (Å²) in [5.41, 5.74) is 0. The number of unbranched alkanes of at least 4 members (excludes halogenated alkanes) is 2. The van der Waals surface area contributed by atoms with Crippen molar-refractivity contribution in [2.45, 2.75) is 19.3 Å². The van der Waals surface area contributed by atoms with Gasteiger partial charge in [-0.05, 0) is 23.8 Å². The smallest absolute Gasteiger partial charge is 0.317 e. The van der Waals surface area contributed by atoms with E-state index in [1.54, 1.807) is 0 Å². The van der Waals surface area contributed by atoms with Gasteiger partial charge in [-0.1, -0.05) is 29.0 Å². The number of hydrogen-bond acceptors (Lipinski definition) is 2. The fourth-order valence-electron chi connectivity index (χ4n) is 0.717. The zero-order chi connectivity index (χ0) is 8.53. The average molecular weight is 271 g/mol. The second kappa shape index (κ2) is 8.26. The summed E-state index contributed by atoms with van der Waals surface area (Å²) in [6, 6.07) is 0. The highest BCUT2D eigenvalue weighted by molar-refractivity contribution is 14.1. The fourth-order valence-corrected chi connectivity index (χ4v) is 1.26. The van der Waals surface area contributed by atoms with E-state index >= 15 is 0 Å². The molecular weight excluding hydrogens is 257 g/mol. The monoisotopic (exact) mass is 271 g/mol. The Morgan fingerprint density at radius 3 is 2.64 bits per heavy atom. The Hall–Kier alpha value is 0.160. The Bertz CT molecular complexity index is 109. The SMILES string of the molecule is O=C(O)CNCCCCCI. The second-order valence-corrected chi connectivity index (χ2v) is 3.40. The number of aliphatic carboxylic acids is 1. The normalized spacial score (nSPS) is 9.91. The third-order valence-corrected chi connectivity index (χ3v) is 2.03. The van der Waals surface area contributed by atoms with E-state index in [0.717, 1.165) is 13.0 Å². The van der Waals surface area contributed by atoms with E-state index in [1.807, 2.05) is 0 Å². The van der Waals surface area contributed by atoms with Crippen molar-refractivity contribution >= 4 is 28.6 Å². The molecule has 0 rings (SSSR count). The van der Waals surface area contributed by atoms with Crippen molar-refractivity contribution in [3.63, 3.8) is 0 Å². The molecule has 0 bridgehead atoms. The van der Waals surface area contributed by atoms with Crippen molar-refractivity contribution in [1.29, 1.82) is 0 Å². The molecule has 0 heterocycles. The zero-order valence-electron chi connectivity index (χ0n) is 6.48. The molecular formula is C7H14INO2. The molecule has 0 radical (unpaired) electrons. The van der Waals surface area contributed by atoms with Gasteiger partial charge in [0, 0.05) is 0 Å². The molecule has 3 nitrogen and oxygen atoms in total. The highest BCUT2D eigenvalue weighted by atomic mass is 127. The third kappa shape index (κ3) is 10.2. The summed E-state index contributed by atoms with van der Waals surface area (Å²) in [7, 11) is 0. The van der Waals surface area contributed by atoms with Gasteiger partial charge in [-0.2, -0.15) is 0 Å². The maximum Gasteiger partial charge on any atom is 0.317 e. The molecule has 0 saturated heterocycles. The standard InChI is InChI=1S/C7H14INO2/c8-4-2-1-3-5-9-6-7(10)11/h9H,1-6H2,(H,10,11). The lowest BCUT2D eigenvalue weighted by Gasteiger charge is -1.99. The molecule has 2 N–H and O–H groups in total. The summed E-state index contributed by atoms with van der Waals surface area (Å²) in [6.07, 6.45) is 3.50. The molecule has 11 heavy (non-hydrogen) atoms. The number of hydrogen-bond donors (Lipinski definition) is 2. The maximum absolute atomic E-state index is 10.0. The molecule has 0 spiro atoms. The van der Waals surface area contributed by atoms with E-state index < -0.39 is 5.97 Å². The molecule has 0 aromatic rings. The van der Waals surface area contributed by atoms with Crippen molar-refractivity contribution in [2.75, 3.05) is 17.5 Å². The Kier molecular flexibility index (Phi) is 8.38. The zero-order valence-corrected chi connectivity index (χ0v) is 8.63. The minimum atomic E-state index is -0.779. The third-order valence-electron chi connectivity index (χ3n) is 1.26. The molecule has 0 saturated carbocycles. The highest BCUT2D eigenvalue weighted by Crippen LogP contribution is 1.96. The van der Waals surface area contributed by atoms with E-state index in [1.165, 1.54) is 17.3 Å². The lowest BCUT2D eigenvalue weighted by molar-refractivity contribution is -0.135. The Balaban J connectivity index is 2.85. The number of carboxylic acid groups (broad SMARTS) is 1. The number of halogens is 1. The van der Waals surface area contributed by atoms with Gasteiger partial charge in [0.15, 0.2) is 0 Å². The van der Waals surface area contributed by atoms with Crippen LogP contribution in [0.25, 0.3) is 0 Å². The van der Waals surface area contributed by atoms with Crippen LogP contribution in [0, 0.1) is 0 Å². The van der Waals surface area contributed by atoms with Crippen LogP contribution in [0.15, 0.2) is 0 Å².